The molecular formula is C12H21N3O4. The number of hydrogen-bond acceptors (Lipinski definition) is 4. The zero-order valence-corrected chi connectivity index (χ0v) is 11.2. The number of rotatable bonds is 8. The van der Waals surface area contributed by atoms with Crippen molar-refractivity contribution in [2.45, 2.75) is 38.6 Å². The quantitative estimate of drug-likeness (QED) is 0.424. The number of carbonyl (C=O) groups is 3. The molecule has 19 heavy (non-hydrogen) atoms. The van der Waals surface area contributed by atoms with Crippen LogP contribution in [0.5, 0.6) is 0 Å². The molecule has 3 N–H and O–H groups in total. The summed E-state index contributed by atoms with van der Waals surface area (Å²) >= 11 is 0. The van der Waals surface area contributed by atoms with E-state index in [1.165, 1.54) is 0 Å². The number of ether oxygens (including phenoxy) is 1. The van der Waals surface area contributed by atoms with Crippen molar-refractivity contribution in [1.82, 2.24) is 16.0 Å². The van der Waals surface area contributed by atoms with Crippen LogP contribution in [-0.4, -0.2) is 43.6 Å². The Morgan fingerprint density at radius 2 is 1.95 bits per heavy atom. The molecule has 0 spiro atoms. The standard InChI is InChI=1S/C12H21N3O4/c1-2-19-11(17)8-14-12(18)13-7-3-4-10(16)15-9-5-6-9/h9H,2-8H2,1H3,(H,15,16)(H2,13,14,18). The molecule has 0 aromatic carbocycles. The highest BCUT2D eigenvalue weighted by atomic mass is 16.5. The third-order valence-electron chi connectivity index (χ3n) is 2.51. The summed E-state index contributed by atoms with van der Waals surface area (Å²) in [4.78, 5) is 33.5. The molecule has 1 fully saturated rings. The Morgan fingerprint density at radius 3 is 2.58 bits per heavy atom. The van der Waals surface area contributed by atoms with Crippen LogP contribution in [0.2, 0.25) is 0 Å². The van der Waals surface area contributed by atoms with E-state index in [2.05, 4.69) is 20.7 Å². The molecule has 1 rings (SSSR count). The minimum absolute atomic E-state index is 0.0243. The largest absolute Gasteiger partial charge is 0.465 e. The number of esters is 1. The zero-order chi connectivity index (χ0) is 14.1. The minimum atomic E-state index is -0.471. The molecule has 0 heterocycles. The van der Waals surface area contributed by atoms with Gasteiger partial charge in [-0.25, -0.2) is 4.79 Å². The number of nitrogens with one attached hydrogen (secondary N) is 3. The molecule has 3 amide bonds. The van der Waals surface area contributed by atoms with Crippen molar-refractivity contribution >= 4 is 17.9 Å². The van der Waals surface area contributed by atoms with Gasteiger partial charge in [0.25, 0.3) is 0 Å². The van der Waals surface area contributed by atoms with Crippen LogP contribution in [0.25, 0.3) is 0 Å². The lowest BCUT2D eigenvalue weighted by atomic mass is 10.3. The van der Waals surface area contributed by atoms with Crippen LogP contribution in [0.4, 0.5) is 4.79 Å². The van der Waals surface area contributed by atoms with E-state index < -0.39 is 12.0 Å². The highest BCUT2D eigenvalue weighted by Crippen LogP contribution is 2.18. The van der Waals surface area contributed by atoms with Crippen molar-refractivity contribution in [2.75, 3.05) is 19.7 Å². The molecule has 7 nitrogen and oxygen atoms in total. The van der Waals surface area contributed by atoms with E-state index in [-0.39, 0.29) is 19.1 Å². The van der Waals surface area contributed by atoms with Crippen molar-refractivity contribution in [2.24, 2.45) is 0 Å². The molecule has 1 aliphatic rings. The van der Waals surface area contributed by atoms with E-state index >= 15 is 0 Å². The fraction of sp³-hybridized carbons (Fsp3) is 0.750. The molecule has 0 aliphatic heterocycles. The van der Waals surface area contributed by atoms with E-state index in [1.807, 2.05) is 0 Å². The van der Waals surface area contributed by atoms with Gasteiger partial charge in [-0.1, -0.05) is 0 Å². The van der Waals surface area contributed by atoms with Crippen LogP contribution < -0.4 is 16.0 Å². The van der Waals surface area contributed by atoms with Crippen molar-refractivity contribution in [3.63, 3.8) is 0 Å². The molecule has 0 aromatic rings. The van der Waals surface area contributed by atoms with Gasteiger partial charge in [-0.05, 0) is 26.2 Å². The molecular weight excluding hydrogens is 250 g/mol. The van der Waals surface area contributed by atoms with Gasteiger partial charge >= 0.3 is 12.0 Å². The topological polar surface area (TPSA) is 96.5 Å². The van der Waals surface area contributed by atoms with Crippen LogP contribution in [0.15, 0.2) is 0 Å². The molecule has 0 radical (unpaired) electrons. The molecule has 0 atom stereocenters. The third-order valence-corrected chi connectivity index (χ3v) is 2.51. The maximum Gasteiger partial charge on any atom is 0.325 e. The fourth-order valence-corrected chi connectivity index (χ4v) is 1.41. The van der Waals surface area contributed by atoms with Gasteiger partial charge < -0.3 is 20.7 Å². The second-order valence-electron chi connectivity index (χ2n) is 4.36. The molecule has 1 aliphatic carbocycles. The second kappa shape index (κ2) is 8.34. The van der Waals surface area contributed by atoms with Gasteiger partial charge in [0.15, 0.2) is 0 Å². The Bertz CT molecular complexity index is 329. The molecule has 0 unspecified atom stereocenters. The predicted octanol–water partition coefficient (Wildman–Crippen LogP) is -0.0925. The summed E-state index contributed by atoms with van der Waals surface area (Å²) in [6, 6.07) is -0.0658. The van der Waals surface area contributed by atoms with Crippen LogP contribution in [0, 0.1) is 0 Å². The molecule has 7 heteroatoms. The lowest BCUT2D eigenvalue weighted by Crippen LogP contribution is -2.39. The Morgan fingerprint density at radius 1 is 1.21 bits per heavy atom. The lowest BCUT2D eigenvalue weighted by molar-refractivity contribution is -0.141. The Hall–Kier alpha value is -1.79. The van der Waals surface area contributed by atoms with Gasteiger partial charge in [-0.3, -0.25) is 9.59 Å². The summed E-state index contributed by atoms with van der Waals surface area (Å²) in [6.45, 7) is 2.23. The predicted molar refractivity (Wildman–Crippen MR) is 68.4 cm³/mol. The van der Waals surface area contributed by atoms with Crippen molar-refractivity contribution < 1.29 is 19.1 Å². The van der Waals surface area contributed by atoms with E-state index in [9.17, 15) is 14.4 Å². The van der Waals surface area contributed by atoms with Gasteiger partial charge in [-0.15, -0.1) is 0 Å². The van der Waals surface area contributed by atoms with Gasteiger partial charge in [-0.2, -0.15) is 0 Å². The Kier molecular flexibility index (Phi) is 6.70. The highest BCUT2D eigenvalue weighted by Gasteiger charge is 2.22. The van der Waals surface area contributed by atoms with E-state index in [0.717, 1.165) is 12.8 Å². The number of hydrogen-bond donors (Lipinski definition) is 3. The average Bonchev–Trinajstić information content (AvgIpc) is 3.16. The summed E-state index contributed by atoms with van der Waals surface area (Å²) in [7, 11) is 0. The van der Waals surface area contributed by atoms with Crippen LogP contribution in [-0.2, 0) is 14.3 Å². The minimum Gasteiger partial charge on any atom is -0.465 e. The Balaban J connectivity index is 1.94. The van der Waals surface area contributed by atoms with Gasteiger partial charge in [0.1, 0.15) is 6.54 Å². The first-order valence-corrected chi connectivity index (χ1v) is 6.58. The SMILES string of the molecule is CCOC(=O)CNC(=O)NCCCC(=O)NC1CC1. The first-order valence-electron chi connectivity index (χ1n) is 6.58. The van der Waals surface area contributed by atoms with Gasteiger partial charge in [0.2, 0.25) is 5.91 Å². The normalized spacial score (nSPS) is 13.5. The van der Waals surface area contributed by atoms with E-state index in [0.29, 0.717) is 25.4 Å². The summed E-state index contributed by atoms with van der Waals surface area (Å²) in [6.07, 6.45) is 3.11. The molecule has 0 bridgehead atoms. The highest BCUT2D eigenvalue weighted by molar-refractivity contribution is 5.80. The first kappa shape index (κ1) is 15.3. The third kappa shape index (κ3) is 8.01. The summed E-state index contributed by atoms with van der Waals surface area (Å²) < 4.78 is 4.66. The number of urea groups is 1. The molecule has 0 saturated heterocycles. The summed E-state index contributed by atoms with van der Waals surface area (Å²) in [5.74, 6) is -0.447. The first-order chi connectivity index (χ1) is 9.11. The Labute approximate surface area is 112 Å². The maximum atomic E-state index is 11.3. The van der Waals surface area contributed by atoms with E-state index in [1.54, 1.807) is 6.92 Å². The van der Waals surface area contributed by atoms with Crippen molar-refractivity contribution in [1.29, 1.82) is 0 Å². The summed E-state index contributed by atoms with van der Waals surface area (Å²) in [5, 5.41) is 7.81. The van der Waals surface area contributed by atoms with Gasteiger partial charge in [0, 0.05) is 19.0 Å². The van der Waals surface area contributed by atoms with Crippen LogP contribution in [0.1, 0.15) is 32.6 Å². The number of amides is 3. The van der Waals surface area contributed by atoms with Crippen LogP contribution in [0.3, 0.4) is 0 Å². The van der Waals surface area contributed by atoms with Gasteiger partial charge in [0.05, 0.1) is 6.61 Å². The molecule has 1 saturated carbocycles. The second-order valence-corrected chi connectivity index (χ2v) is 4.36. The maximum absolute atomic E-state index is 11.3. The lowest BCUT2D eigenvalue weighted by Gasteiger charge is -2.07. The summed E-state index contributed by atoms with van der Waals surface area (Å²) in [5.41, 5.74) is 0. The zero-order valence-electron chi connectivity index (χ0n) is 11.2. The van der Waals surface area contributed by atoms with Crippen molar-refractivity contribution in [3.05, 3.63) is 0 Å². The van der Waals surface area contributed by atoms with Crippen molar-refractivity contribution in [3.8, 4) is 0 Å². The fourth-order valence-electron chi connectivity index (χ4n) is 1.41. The van der Waals surface area contributed by atoms with E-state index in [4.69, 9.17) is 0 Å². The molecule has 0 aromatic heterocycles. The average molecular weight is 271 g/mol. The number of carbonyl (C=O) groups excluding carboxylic acids is 3. The van der Waals surface area contributed by atoms with Crippen LogP contribution >= 0.6 is 0 Å². The smallest absolute Gasteiger partial charge is 0.325 e. The monoisotopic (exact) mass is 271 g/mol. The molecule has 108 valence electrons.